The standard InChI is InChI=1S/C19H17N3O3/c1-3-13-4-7-15(8-5-13)19-21-18(25-22-19)12-24-16-9-6-14(11-20)10-17(16)23-2/h4-10H,3,12H2,1-2H3. The molecule has 0 unspecified atom stereocenters. The van der Waals surface area contributed by atoms with E-state index in [1.807, 2.05) is 24.3 Å². The molecule has 0 fully saturated rings. The van der Waals surface area contributed by atoms with Crippen molar-refractivity contribution < 1.29 is 14.0 Å². The maximum atomic E-state index is 8.92. The Hall–Kier alpha value is -3.33. The van der Waals surface area contributed by atoms with Gasteiger partial charge in [-0.25, -0.2) is 0 Å². The van der Waals surface area contributed by atoms with Crippen molar-refractivity contribution in [3.05, 3.63) is 59.5 Å². The highest BCUT2D eigenvalue weighted by molar-refractivity contribution is 5.54. The van der Waals surface area contributed by atoms with E-state index in [0.717, 1.165) is 12.0 Å². The number of benzene rings is 2. The average molecular weight is 335 g/mol. The predicted molar refractivity (Wildman–Crippen MR) is 91.2 cm³/mol. The van der Waals surface area contributed by atoms with Gasteiger partial charge in [0.1, 0.15) is 0 Å². The summed E-state index contributed by atoms with van der Waals surface area (Å²) in [5, 5.41) is 12.9. The molecular weight excluding hydrogens is 318 g/mol. The first-order valence-electron chi connectivity index (χ1n) is 7.86. The van der Waals surface area contributed by atoms with Crippen molar-refractivity contribution in [3.63, 3.8) is 0 Å². The lowest BCUT2D eigenvalue weighted by molar-refractivity contribution is 0.233. The van der Waals surface area contributed by atoms with Gasteiger partial charge in [0.2, 0.25) is 5.82 Å². The molecule has 1 aromatic heterocycles. The van der Waals surface area contributed by atoms with E-state index in [1.165, 1.54) is 12.7 Å². The van der Waals surface area contributed by atoms with Crippen molar-refractivity contribution in [1.29, 1.82) is 5.26 Å². The topological polar surface area (TPSA) is 81.2 Å². The third-order valence-electron chi connectivity index (χ3n) is 3.73. The minimum Gasteiger partial charge on any atom is -0.493 e. The molecule has 0 N–H and O–H groups in total. The molecule has 25 heavy (non-hydrogen) atoms. The van der Waals surface area contributed by atoms with Gasteiger partial charge in [0.15, 0.2) is 18.1 Å². The van der Waals surface area contributed by atoms with Crippen LogP contribution in [0.1, 0.15) is 23.9 Å². The Kier molecular flexibility index (Phi) is 4.95. The van der Waals surface area contributed by atoms with Crippen LogP contribution in [0.2, 0.25) is 0 Å². The highest BCUT2D eigenvalue weighted by Gasteiger charge is 2.11. The number of nitriles is 1. The van der Waals surface area contributed by atoms with E-state index in [-0.39, 0.29) is 6.61 Å². The second-order valence-electron chi connectivity index (χ2n) is 5.33. The molecule has 3 aromatic rings. The zero-order valence-electron chi connectivity index (χ0n) is 14.0. The molecule has 0 aliphatic heterocycles. The monoisotopic (exact) mass is 335 g/mol. The first-order valence-corrected chi connectivity index (χ1v) is 7.86. The summed E-state index contributed by atoms with van der Waals surface area (Å²) >= 11 is 0. The Morgan fingerprint density at radius 1 is 1.12 bits per heavy atom. The fraction of sp³-hybridized carbons (Fsp3) is 0.211. The SMILES string of the molecule is CCc1ccc(-c2noc(COc3ccc(C#N)cc3OC)n2)cc1. The lowest BCUT2D eigenvalue weighted by atomic mass is 10.1. The zero-order chi connectivity index (χ0) is 17.6. The minimum absolute atomic E-state index is 0.113. The summed E-state index contributed by atoms with van der Waals surface area (Å²) in [6, 6.07) is 15.0. The summed E-state index contributed by atoms with van der Waals surface area (Å²) in [6.07, 6.45) is 0.984. The first-order chi connectivity index (χ1) is 12.2. The Bertz CT molecular complexity index is 895. The second-order valence-corrected chi connectivity index (χ2v) is 5.33. The van der Waals surface area contributed by atoms with Crippen LogP contribution in [-0.2, 0) is 13.0 Å². The molecule has 0 aliphatic rings. The number of hydrogen-bond donors (Lipinski definition) is 0. The number of ether oxygens (including phenoxy) is 2. The van der Waals surface area contributed by atoms with Crippen LogP contribution >= 0.6 is 0 Å². The number of methoxy groups -OCH3 is 1. The lowest BCUT2D eigenvalue weighted by Gasteiger charge is -2.08. The Balaban J connectivity index is 1.70. The fourth-order valence-corrected chi connectivity index (χ4v) is 2.32. The summed E-state index contributed by atoms with van der Waals surface area (Å²) in [5.74, 6) is 1.87. The quantitative estimate of drug-likeness (QED) is 0.682. The first kappa shape index (κ1) is 16.5. The van der Waals surface area contributed by atoms with Gasteiger partial charge in [0.25, 0.3) is 5.89 Å². The molecule has 6 nitrogen and oxygen atoms in total. The maximum Gasteiger partial charge on any atom is 0.264 e. The van der Waals surface area contributed by atoms with E-state index in [1.54, 1.807) is 18.2 Å². The van der Waals surface area contributed by atoms with Crippen LogP contribution in [-0.4, -0.2) is 17.3 Å². The van der Waals surface area contributed by atoms with Gasteiger partial charge < -0.3 is 14.0 Å². The van der Waals surface area contributed by atoms with Crippen LogP contribution in [0, 0.1) is 11.3 Å². The highest BCUT2D eigenvalue weighted by Crippen LogP contribution is 2.28. The van der Waals surface area contributed by atoms with Gasteiger partial charge >= 0.3 is 0 Å². The average Bonchev–Trinajstić information content (AvgIpc) is 3.15. The number of aromatic nitrogens is 2. The third-order valence-corrected chi connectivity index (χ3v) is 3.73. The van der Waals surface area contributed by atoms with Gasteiger partial charge in [0.05, 0.1) is 18.7 Å². The number of rotatable bonds is 6. The second kappa shape index (κ2) is 7.49. The van der Waals surface area contributed by atoms with E-state index < -0.39 is 0 Å². The van der Waals surface area contributed by atoms with Crippen LogP contribution in [0.3, 0.4) is 0 Å². The Morgan fingerprint density at radius 2 is 1.92 bits per heavy atom. The Labute approximate surface area is 145 Å². The molecular formula is C19H17N3O3. The molecule has 2 aromatic carbocycles. The van der Waals surface area contributed by atoms with Crippen molar-refractivity contribution >= 4 is 0 Å². The molecule has 3 rings (SSSR count). The van der Waals surface area contributed by atoms with E-state index in [4.69, 9.17) is 19.3 Å². The van der Waals surface area contributed by atoms with E-state index in [9.17, 15) is 0 Å². The van der Waals surface area contributed by atoms with Crippen molar-refractivity contribution in [2.45, 2.75) is 20.0 Å². The normalized spacial score (nSPS) is 10.3. The molecule has 1 heterocycles. The van der Waals surface area contributed by atoms with E-state index in [0.29, 0.717) is 28.8 Å². The van der Waals surface area contributed by atoms with E-state index >= 15 is 0 Å². The Morgan fingerprint density at radius 3 is 2.60 bits per heavy atom. The summed E-state index contributed by atoms with van der Waals surface area (Å²) in [4.78, 5) is 4.34. The predicted octanol–water partition coefficient (Wildman–Crippen LogP) is 3.76. The molecule has 0 amide bonds. The van der Waals surface area contributed by atoms with Gasteiger partial charge in [0, 0.05) is 11.6 Å². The number of nitrogens with zero attached hydrogens (tertiary/aromatic N) is 3. The van der Waals surface area contributed by atoms with Crippen molar-refractivity contribution in [2.75, 3.05) is 7.11 Å². The van der Waals surface area contributed by atoms with Crippen LogP contribution in [0.15, 0.2) is 47.0 Å². The molecule has 6 heteroatoms. The van der Waals surface area contributed by atoms with Gasteiger partial charge in [-0.2, -0.15) is 10.2 Å². The van der Waals surface area contributed by atoms with Crippen molar-refractivity contribution in [2.24, 2.45) is 0 Å². The summed E-state index contributed by atoms with van der Waals surface area (Å²) < 4.78 is 16.1. The molecule has 0 saturated carbocycles. The number of hydrogen-bond acceptors (Lipinski definition) is 6. The lowest BCUT2D eigenvalue weighted by Crippen LogP contribution is -1.98. The summed E-state index contributed by atoms with van der Waals surface area (Å²) in [7, 11) is 1.52. The van der Waals surface area contributed by atoms with Gasteiger partial charge in [-0.05, 0) is 24.1 Å². The molecule has 0 aliphatic carbocycles. The molecule has 0 radical (unpaired) electrons. The van der Waals surface area contributed by atoms with Crippen LogP contribution < -0.4 is 9.47 Å². The van der Waals surface area contributed by atoms with Gasteiger partial charge in [-0.15, -0.1) is 0 Å². The van der Waals surface area contributed by atoms with Crippen molar-refractivity contribution in [3.8, 4) is 29.0 Å². The van der Waals surface area contributed by atoms with Gasteiger partial charge in [-0.1, -0.05) is 36.3 Å². The molecule has 0 atom stereocenters. The largest absolute Gasteiger partial charge is 0.493 e. The fourth-order valence-electron chi connectivity index (χ4n) is 2.32. The number of aryl methyl sites for hydroxylation is 1. The zero-order valence-corrected chi connectivity index (χ0v) is 14.0. The maximum absolute atomic E-state index is 8.92. The summed E-state index contributed by atoms with van der Waals surface area (Å²) in [6.45, 7) is 2.22. The van der Waals surface area contributed by atoms with E-state index in [2.05, 4.69) is 23.1 Å². The molecule has 0 saturated heterocycles. The third kappa shape index (κ3) is 3.78. The van der Waals surface area contributed by atoms with Gasteiger partial charge in [-0.3, -0.25) is 0 Å². The minimum atomic E-state index is 0.113. The van der Waals surface area contributed by atoms with Crippen molar-refractivity contribution in [1.82, 2.24) is 10.1 Å². The summed E-state index contributed by atoms with van der Waals surface area (Å²) in [5.41, 5.74) is 2.65. The van der Waals surface area contributed by atoms with Crippen LogP contribution in [0.25, 0.3) is 11.4 Å². The highest BCUT2D eigenvalue weighted by atomic mass is 16.5. The molecule has 0 spiro atoms. The molecule has 126 valence electrons. The molecule has 0 bridgehead atoms. The van der Waals surface area contributed by atoms with Crippen LogP contribution in [0.5, 0.6) is 11.5 Å². The van der Waals surface area contributed by atoms with Crippen LogP contribution in [0.4, 0.5) is 0 Å². The smallest absolute Gasteiger partial charge is 0.264 e.